The van der Waals surface area contributed by atoms with Crippen LogP contribution >= 0.6 is 47.2 Å². The Morgan fingerprint density at radius 3 is 2.21 bits per heavy atom. The van der Waals surface area contributed by atoms with Crippen LogP contribution in [0.1, 0.15) is 32.0 Å². The number of halogens is 4. The van der Waals surface area contributed by atoms with Crippen molar-refractivity contribution >= 4 is 64.7 Å². The van der Waals surface area contributed by atoms with Gasteiger partial charge in [0.15, 0.2) is 17.3 Å². The van der Waals surface area contributed by atoms with Gasteiger partial charge in [-0.25, -0.2) is 0 Å². The number of primary amides is 1. The molecule has 0 aliphatic heterocycles. The van der Waals surface area contributed by atoms with Gasteiger partial charge < -0.3 is 11.1 Å². The average molecular weight is 461 g/mol. The number of hydrogen-bond donors (Lipinski definition) is 3. The van der Waals surface area contributed by atoms with Gasteiger partial charge in [-0.15, -0.1) is 22.6 Å². The van der Waals surface area contributed by atoms with Crippen molar-refractivity contribution < 1.29 is 9.59 Å². The summed E-state index contributed by atoms with van der Waals surface area (Å²) in [6, 6.07) is 9.64. The van der Waals surface area contributed by atoms with Gasteiger partial charge in [0.1, 0.15) is 0 Å². The molecule has 0 saturated carbocycles. The number of rotatable bonds is 6. The van der Waals surface area contributed by atoms with Crippen molar-refractivity contribution in [3.8, 4) is 0 Å². The second kappa shape index (κ2) is 9.25. The van der Waals surface area contributed by atoms with Crippen molar-refractivity contribution in [2.24, 2.45) is 5.73 Å². The number of ketones is 1. The molecule has 1 aromatic heterocycles. The summed E-state index contributed by atoms with van der Waals surface area (Å²) in [7, 11) is 0. The molecule has 4 N–H and O–H groups in total. The predicted molar refractivity (Wildman–Crippen MR) is 111 cm³/mol. The SMILES string of the molecule is Cl.NC(=O)c1n[nH]nc1NCc1cc(Cl)c(C(=O)c2ccc(Cl)cc2)c(Cl)c1. The minimum atomic E-state index is -0.716. The molecule has 0 radical (unpaired) electrons. The van der Waals surface area contributed by atoms with E-state index in [1.54, 1.807) is 36.4 Å². The minimum Gasteiger partial charge on any atom is -0.364 e. The van der Waals surface area contributed by atoms with E-state index < -0.39 is 5.91 Å². The van der Waals surface area contributed by atoms with E-state index >= 15 is 0 Å². The highest BCUT2D eigenvalue weighted by Gasteiger charge is 2.19. The van der Waals surface area contributed by atoms with E-state index in [1.807, 2.05) is 0 Å². The number of aromatic amines is 1. The van der Waals surface area contributed by atoms with Crippen molar-refractivity contribution in [3.05, 3.63) is 73.9 Å². The van der Waals surface area contributed by atoms with Crippen LogP contribution in [0, 0.1) is 0 Å². The van der Waals surface area contributed by atoms with Crippen molar-refractivity contribution in [2.75, 3.05) is 5.32 Å². The number of hydrogen-bond acceptors (Lipinski definition) is 5. The lowest BCUT2D eigenvalue weighted by Gasteiger charge is -2.10. The smallest absolute Gasteiger partial charge is 0.273 e. The van der Waals surface area contributed by atoms with E-state index in [1.165, 1.54) is 0 Å². The third kappa shape index (κ3) is 4.74. The Bertz CT molecular complexity index is 998. The maximum Gasteiger partial charge on any atom is 0.273 e. The third-order valence-corrected chi connectivity index (χ3v) is 4.52. The van der Waals surface area contributed by atoms with Gasteiger partial charge in [0.05, 0.1) is 15.6 Å². The average Bonchev–Trinajstić information content (AvgIpc) is 3.09. The molecule has 0 unspecified atom stereocenters. The van der Waals surface area contributed by atoms with Crippen LogP contribution in [0.15, 0.2) is 36.4 Å². The zero-order chi connectivity index (χ0) is 19.6. The highest BCUT2D eigenvalue weighted by atomic mass is 35.5. The molecule has 146 valence electrons. The monoisotopic (exact) mass is 459 g/mol. The second-order valence-electron chi connectivity index (χ2n) is 5.51. The lowest BCUT2D eigenvalue weighted by atomic mass is 10.0. The van der Waals surface area contributed by atoms with Crippen LogP contribution < -0.4 is 11.1 Å². The summed E-state index contributed by atoms with van der Waals surface area (Å²) in [4.78, 5) is 23.9. The molecule has 3 rings (SSSR count). The fourth-order valence-electron chi connectivity index (χ4n) is 2.40. The molecule has 2 aromatic carbocycles. The molecule has 1 amide bonds. The molecule has 0 bridgehead atoms. The molecule has 11 heteroatoms. The lowest BCUT2D eigenvalue weighted by Crippen LogP contribution is -2.14. The predicted octanol–water partition coefficient (Wildman–Crippen LogP) is 4.13. The maximum atomic E-state index is 12.7. The first kappa shape index (κ1) is 22.0. The van der Waals surface area contributed by atoms with Crippen LogP contribution in [0.4, 0.5) is 5.82 Å². The fraction of sp³-hybridized carbons (Fsp3) is 0.0588. The van der Waals surface area contributed by atoms with E-state index in [0.29, 0.717) is 16.1 Å². The van der Waals surface area contributed by atoms with Gasteiger partial charge in [0.2, 0.25) is 0 Å². The Hall–Kier alpha value is -2.32. The molecule has 0 atom stereocenters. The molecule has 0 aliphatic rings. The first-order chi connectivity index (χ1) is 12.9. The molecule has 3 aromatic rings. The number of H-pyrrole nitrogens is 1. The summed E-state index contributed by atoms with van der Waals surface area (Å²) < 4.78 is 0. The molecule has 1 heterocycles. The first-order valence-electron chi connectivity index (χ1n) is 7.59. The zero-order valence-corrected chi connectivity index (χ0v) is 17.1. The number of carbonyl (C=O) groups is 2. The van der Waals surface area contributed by atoms with Gasteiger partial charge in [-0.1, -0.05) is 34.8 Å². The number of nitrogens with one attached hydrogen (secondary N) is 2. The van der Waals surface area contributed by atoms with Gasteiger partial charge in [0.25, 0.3) is 5.91 Å². The summed E-state index contributed by atoms with van der Waals surface area (Å²) >= 11 is 18.4. The number of anilines is 1. The van der Waals surface area contributed by atoms with Gasteiger partial charge in [-0.3, -0.25) is 9.59 Å². The highest BCUT2D eigenvalue weighted by molar-refractivity contribution is 6.41. The quantitative estimate of drug-likeness (QED) is 0.478. The maximum absolute atomic E-state index is 12.7. The van der Waals surface area contributed by atoms with Crippen molar-refractivity contribution in [3.63, 3.8) is 0 Å². The van der Waals surface area contributed by atoms with Crippen molar-refractivity contribution in [1.82, 2.24) is 15.4 Å². The molecule has 0 spiro atoms. The van der Waals surface area contributed by atoms with Crippen LogP contribution in [-0.4, -0.2) is 27.1 Å². The van der Waals surface area contributed by atoms with Crippen molar-refractivity contribution in [1.29, 1.82) is 0 Å². The zero-order valence-electron chi connectivity index (χ0n) is 14.0. The highest BCUT2D eigenvalue weighted by Crippen LogP contribution is 2.29. The Kier molecular flexibility index (Phi) is 7.26. The topological polar surface area (TPSA) is 114 Å². The molecule has 7 nitrogen and oxygen atoms in total. The molecular weight excluding hydrogens is 448 g/mol. The van der Waals surface area contributed by atoms with Crippen LogP contribution in [0.3, 0.4) is 0 Å². The number of nitrogens with two attached hydrogens (primary N) is 1. The van der Waals surface area contributed by atoms with E-state index in [0.717, 1.165) is 0 Å². The first-order valence-corrected chi connectivity index (χ1v) is 8.73. The number of nitrogens with zero attached hydrogens (tertiary/aromatic N) is 2. The lowest BCUT2D eigenvalue weighted by molar-refractivity contribution is 0.0994. The van der Waals surface area contributed by atoms with Gasteiger partial charge in [0, 0.05) is 17.1 Å². The Labute approximate surface area is 181 Å². The Balaban J connectivity index is 0.00000280. The summed E-state index contributed by atoms with van der Waals surface area (Å²) in [5.41, 5.74) is 6.49. The molecule has 0 saturated heterocycles. The van der Waals surface area contributed by atoms with Crippen molar-refractivity contribution in [2.45, 2.75) is 6.54 Å². The fourth-order valence-corrected chi connectivity index (χ4v) is 3.23. The van der Waals surface area contributed by atoms with Gasteiger partial charge in [-0.05, 0) is 42.0 Å². The molecular formula is C17H13Cl4N5O2. The number of aromatic nitrogens is 3. The standard InChI is InChI=1S/C17H12Cl3N5O2.ClH/c18-10-3-1-9(2-4-10)15(26)13-11(19)5-8(6-12(13)20)7-22-17-14(16(21)27)23-25-24-17;/h1-6H,7H2,(H2,21,27)(H2,22,23,24,25);1H. The summed E-state index contributed by atoms with van der Waals surface area (Å²) in [6.07, 6.45) is 0. The largest absolute Gasteiger partial charge is 0.364 e. The van der Waals surface area contributed by atoms with E-state index in [9.17, 15) is 9.59 Å². The summed E-state index contributed by atoms with van der Waals surface area (Å²) in [5, 5.41) is 13.6. The summed E-state index contributed by atoms with van der Waals surface area (Å²) in [5.74, 6) is -0.823. The summed E-state index contributed by atoms with van der Waals surface area (Å²) in [6.45, 7) is 0.238. The third-order valence-electron chi connectivity index (χ3n) is 3.68. The number of amides is 1. The second-order valence-corrected chi connectivity index (χ2v) is 6.76. The number of carbonyl (C=O) groups excluding carboxylic acids is 2. The Morgan fingerprint density at radius 1 is 1.04 bits per heavy atom. The Morgan fingerprint density at radius 2 is 1.64 bits per heavy atom. The van der Waals surface area contributed by atoms with E-state index in [2.05, 4.69) is 20.7 Å². The van der Waals surface area contributed by atoms with Gasteiger partial charge in [-0.2, -0.15) is 5.21 Å². The molecule has 0 fully saturated rings. The van der Waals surface area contributed by atoms with Crippen LogP contribution in [0.5, 0.6) is 0 Å². The molecule has 28 heavy (non-hydrogen) atoms. The normalized spacial score (nSPS) is 10.2. The van der Waals surface area contributed by atoms with Crippen LogP contribution in [0.2, 0.25) is 15.1 Å². The van der Waals surface area contributed by atoms with Gasteiger partial charge >= 0.3 is 0 Å². The minimum absolute atomic E-state index is 0. The van der Waals surface area contributed by atoms with Crippen LogP contribution in [-0.2, 0) is 6.54 Å². The number of benzene rings is 2. The van der Waals surface area contributed by atoms with E-state index in [4.69, 9.17) is 40.5 Å². The molecule has 0 aliphatic carbocycles. The van der Waals surface area contributed by atoms with Crippen LogP contribution in [0.25, 0.3) is 0 Å². The van der Waals surface area contributed by atoms with E-state index in [-0.39, 0.29) is 51.9 Å².